The van der Waals surface area contributed by atoms with Gasteiger partial charge in [-0.1, -0.05) is 23.7 Å². The quantitative estimate of drug-likeness (QED) is 0.872. The maximum atomic E-state index is 12.5. The summed E-state index contributed by atoms with van der Waals surface area (Å²) in [5, 5.41) is 2.28. The molecule has 1 amide bonds. The van der Waals surface area contributed by atoms with Gasteiger partial charge in [0, 0.05) is 12.0 Å². The van der Waals surface area contributed by atoms with E-state index in [1.54, 1.807) is 19.1 Å². The van der Waals surface area contributed by atoms with Crippen molar-refractivity contribution in [2.45, 2.75) is 30.8 Å². The summed E-state index contributed by atoms with van der Waals surface area (Å²) in [6.45, 7) is 2.29. The first-order chi connectivity index (χ1) is 11.4. The number of aromatic nitrogens is 1. The molecule has 1 aromatic carbocycles. The Morgan fingerprint density at radius 3 is 2.92 bits per heavy atom. The Labute approximate surface area is 148 Å². The first kappa shape index (κ1) is 17.3. The summed E-state index contributed by atoms with van der Waals surface area (Å²) in [5.74, 6) is -0.783. The van der Waals surface area contributed by atoms with Crippen LogP contribution in [0.2, 0.25) is 5.02 Å². The molecule has 2 aromatic rings. The lowest BCUT2D eigenvalue weighted by atomic mass is 10.2. The predicted molar refractivity (Wildman–Crippen MR) is 90.9 cm³/mol. The van der Waals surface area contributed by atoms with E-state index >= 15 is 0 Å². The molecule has 0 radical (unpaired) electrons. The fraction of sp³-hybridized carbons (Fsp3) is 0.333. The standard InChI is InChI=1S/C15H15ClN2O4S2/c1-9-4-2-5-10(16)13(9)24(20,21)18-14(19)11-8-23-15(17-11)12-6-3-7-22-12/h2,4-5,8,12H,3,6-7H2,1H3,(H,18,19). The van der Waals surface area contributed by atoms with Crippen molar-refractivity contribution >= 4 is 38.9 Å². The van der Waals surface area contributed by atoms with Crippen LogP contribution >= 0.6 is 22.9 Å². The summed E-state index contributed by atoms with van der Waals surface area (Å²) >= 11 is 7.26. The highest BCUT2D eigenvalue weighted by Gasteiger charge is 2.26. The highest BCUT2D eigenvalue weighted by atomic mass is 35.5. The van der Waals surface area contributed by atoms with E-state index in [0.717, 1.165) is 12.8 Å². The highest BCUT2D eigenvalue weighted by molar-refractivity contribution is 7.90. The molecular weight excluding hydrogens is 372 g/mol. The number of carbonyl (C=O) groups excluding carboxylic acids is 1. The number of rotatable bonds is 4. The molecule has 1 N–H and O–H groups in total. The number of thiazole rings is 1. The van der Waals surface area contributed by atoms with E-state index in [1.165, 1.54) is 22.8 Å². The second-order valence-corrected chi connectivity index (χ2v) is 8.31. The van der Waals surface area contributed by atoms with Crippen LogP contribution in [0.3, 0.4) is 0 Å². The Kier molecular flexibility index (Phi) is 4.91. The van der Waals surface area contributed by atoms with Gasteiger partial charge < -0.3 is 4.74 Å². The van der Waals surface area contributed by atoms with E-state index in [1.807, 2.05) is 4.72 Å². The third-order valence-corrected chi connectivity index (χ3v) is 6.52. The number of aryl methyl sites for hydroxylation is 1. The molecule has 24 heavy (non-hydrogen) atoms. The number of nitrogens with one attached hydrogen (secondary N) is 1. The predicted octanol–water partition coefficient (Wildman–Crippen LogP) is 3.08. The normalized spacial score (nSPS) is 17.8. The average Bonchev–Trinajstić information content (AvgIpc) is 3.17. The van der Waals surface area contributed by atoms with Gasteiger partial charge in [-0.3, -0.25) is 4.79 Å². The fourth-order valence-corrected chi connectivity index (χ4v) is 5.17. The summed E-state index contributed by atoms with van der Waals surface area (Å²) in [4.78, 5) is 16.4. The number of benzene rings is 1. The first-order valence-electron chi connectivity index (χ1n) is 7.28. The third kappa shape index (κ3) is 3.46. The van der Waals surface area contributed by atoms with Crippen LogP contribution in [0.25, 0.3) is 0 Å². The van der Waals surface area contributed by atoms with E-state index in [-0.39, 0.29) is 21.7 Å². The van der Waals surface area contributed by atoms with E-state index in [0.29, 0.717) is 17.2 Å². The van der Waals surface area contributed by atoms with Gasteiger partial charge in [0.2, 0.25) is 0 Å². The van der Waals surface area contributed by atoms with Crippen LogP contribution in [0.4, 0.5) is 0 Å². The smallest absolute Gasteiger partial charge is 0.284 e. The van der Waals surface area contributed by atoms with Crippen LogP contribution in [-0.2, 0) is 14.8 Å². The molecule has 9 heteroatoms. The zero-order valence-electron chi connectivity index (χ0n) is 12.8. The molecule has 1 saturated heterocycles. The molecule has 1 unspecified atom stereocenters. The minimum Gasteiger partial charge on any atom is -0.371 e. The lowest BCUT2D eigenvalue weighted by Crippen LogP contribution is -2.31. The summed E-state index contributed by atoms with van der Waals surface area (Å²) < 4.78 is 32.5. The molecule has 1 aliphatic rings. The monoisotopic (exact) mass is 386 g/mol. The van der Waals surface area contributed by atoms with Gasteiger partial charge in [-0.05, 0) is 31.4 Å². The molecule has 3 rings (SSSR count). The molecule has 2 heterocycles. The largest absolute Gasteiger partial charge is 0.371 e. The van der Waals surface area contributed by atoms with Gasteiger partial charge in [-0.2, -0.15) is 0 Å². The van der Waals surface area contributed by atoms with E-state index in [2.05, 4.69) is 4.98 Å². The maximum Gasteiger partial charge on any atom is 0.284 e. The molecule has 0 spiro atoms. The van der Waals surface area contributed by atoms with Crippen molar-refractivity contribution in [2.24, 2.45) is 0 Å². The van der Waals surface area contributed by atoms with Crippen LogP contribution < -0.4 is 4.72 Å². The highest BCUT2D eigenvalue weighted by Crippen LogP contribution is 2.31. The molecule has 0 aliphatic carbocycles. The van der Waals surface area contributed by atoms with Crippen molar-refractivity contribution in [3.63, 3.8) is 0 Å². The van der Waals surface area contributed by atoms with Crippen molar-refractivity contribution in [3.8, 4) is 0 Å². The molecule has 128 valence electrons. The second-order valence-electron chi connectivity index (χ2n) is 5.39. The Morgan fingerprint density at radius 2 is 2.25 bits per heavy atom. The molecule has 0 saturated carbocycles. The van der Waals surface area contributed by atoms with Crippen LogP contribution in [0.1, 0.15) is 40.0 Å². The van der Waals surface area contributed by atoms with Crippen LogP contribution in [0.15, 0.2) is 28.5 Å². The zero-order valence-corrected chi connectivity index (χ0v) is 15.2. The van der Waals surface area contributed by atoms with Crippen LogP contribution in [0.5, 0.6) is 0 Å². The van der Waals surface area contributed by atoms with Crippen molar-refractivity contribution in [1.82, 2.24) is 9.71 Å². The van der Waals surface area contributed by atoms with Gasteiger partial charge in [0.05, 0.1) is 5.02 Å². The van der Waals surface area contributed by atoms with E-state index in [9.17, 15) is 13.2 Å². The molecule has 6 nitrogen and oxygen atoms in total. The minimum absolute atomic E-state index is 0.0544. The lowest BCUT2D eigenvalue weighted by molar-refractivity contribution is 0.0973. The average molecular weight is 387 g/mol. The number of carbonyl (C=O) groups is 1. The zero-order chi connectivity index (χ0) is 17.3. The molecular formula is C15H15ClN2O4S2. The maximum absolute atomic E-state index is 12.5. The number of hydrogen-bond acceptors (Lipinski definition) is 6. The molecule has 0 bridgehead atoms. The summed E-state index contributed by atoms with van der Waals surface area (Å²) in [6, 6.07) is 4.72. The van der Waals surface area contributed by atoms with Crippen molar-refractivity contribution in [2.75, 3.05) is 6.61 Å². The van der Waals surface area contributed by atoms with Gasteiger partial charge in [-0.25, -0.2) is 18.1 Å². The number of amides is 1. The van der Waals surface area contributed by atoms with Gasteiger partial charge in [0.25, 0.3) is 15.9 Å². The number of sulfonamides is 1. The Bertz CT molecular complexity index is 853. The Balaban J connectivity index is 1.81. The van der Waals surface area contributed by atoms with Crippen molar-refractivity contribution in [1.29, 1.82) is 0 Å². The van der Waals surface area contributed by atoms with Crippen LogP contribution in [0, 0.1) is 6.92 Å². The molecule has 1 aromatic heterocycles. The third-order valence-electron chi connectivity index (χ3n) is 3.62. The lowest BCUT2D eigenvalue weighted by Gasteiger charge is -2.10. The Morgan fingerprint density at radius 1 is 1.46 bits per heavy atom. The summed E-state index contributed by atoms with van der Waals surface area (Å²) in [7, 11) is -4.08. The topological polar surface area (TPSA) is 85.4 Å². The van der Waals surface area contributed by atoms with Crippen molar-refractivity contribution < 1.29 is 17.9 Å². The second kappa shape index (κ2) is 6.79. The van der Waals surface area contributed by atoms with Gasteiger partial charge in [0.15, 0.2) is 0 Å². The van der Waals surface area contributed by atoms with E-state index in [4.69, 9.17) is 16.3 Å². The first-order valence-corrected chi connectivity index (χ1v) is 10.0. The van der Waals surface area contributed by atoms with Crippen LogP contribution in [-0.4, -0.2) is 25.9 Å². The number of halogens is 1. The van der Waals surface area contributed by atoms with Gasteiger partial charge >= 0.3 is 0 Å². The summed E-state index contributed by atoms with van der Waals surface area (Å²) in [5.41, 5.74) is 0.514. The number of hydrogen-bond donors (Lipinski definition) is 1. The minimum atomic E-state index is -4.08. The van der Waals surface area contributed by atoms with E-state index < -0.39 is 15.9 Å². The van der Waals surface area contributed by atoms with Gasteiger partial charge in [-0.15, -0.1) is 11.3 Å². The summed E-state index contributed by atoms with van der Waals surface area (Å²) in [6.07, 6.45) is 1.69. The molecule has 1 aliphatic heterocycles. The number of ether oxygens (including phenoxy) is 1. The van der Waals surface area contributed by atoms with Gasteiger partial charge in [0.1, 0.15) is 21.7 Å². The SMILES string of the molecule is Cc1cccc(Cl)c1S(=O)(=O)NC(=O)c1csc(C2CCCO2)n1. The Hall–Kier alpha value is -1.48. The number of nitrogens with zero attached hydrogens (tertiary/aromatic N) is 1. The fourth-order valence-electron chi connectivity index (χ4n) is 2.49. The molecule has 1 fully saturated rings. The molecule has 1 atom stereocenters. The van der Waals surface area contributed by atoms with Crippen molar-refractivity contribution in [3.05, 3.63) is 44.9 Å².